The first-order valence-electron chi connectivity index (χ1n) is 6.04. The van der Waals surface area contributed by atoms with Gasteiger partial charge in [-0.2, -0.15) is 0 Å². The molecule has 0 saturated carbocycles. The average Bonchev–Trinajstić information content (AvgIpc) is 2.46. The Labute approximate surface area is 111 Å². The van der Waals surface area contributed by atoms with Crippen molar-refractivity contribution >= 4 is 5.69 Å². The number of nitrogens with zero attached hydrogens (tertiary/aromatic N) is 2. The minimum Gasteiger partial charge on any atom is -0.306 e. The molecule has 2 rings (SSSR count). The van der Waals surface area contributed by atoms with Gasteiger partial charge in [0.2, 0.25) is 0 Å². The van der Waals surface area contributed by atoms with Crippen LogP contribution in [0.15, 0.2) is 48.8 Å². The summed E-state index contributed by atoms with van der Waals surface area (Å²) in [5.41, 5.74) is 1.94. The van der Waals surface area contributed by atoms with Crippen LogP contribution in [0.4, 0.5) is 5.69 Å². The Kier molecular flexibility index (Phi) is 4.20. The molecule has 0 amide bonds. The molecule has 5 nitrogen and oxygen atoms in total. The number of hydrogen-bond acceptors (Lipinski definition) is 4. The normalized spacial score (nSPS) is 12.1. The van der Waals surface area contributed by atoms with E-state index in [1.165, 1.54) is 6.07 Å². The Morgan fingerprint density at radius 2 is 1.95 bits per heavy atom. The summed E-state index contributed by atoms with van der Waals surface area (Å²) in [5, 5.41) is 14.2. The molecule has 0 bridgehead atoms. The molecule has 0 aliphatic rings. The second-order valence-electron chi connectivity index (χ2n) is 4.27. The highest BCUT2D eigenvalue weighted by atomic mass is 16.6. The molecule has 1 aromatic carbocycles. The topological polar surface area (TPSA) is 68.1 Å². The number of aromatic nitrogens is 1. The summed E-state index contributed by atoms with van der Waals surface area (Å²) in [4.78, 5) is 14.6. The molecule has 0 spiro atoms. The zero-order valence-corrected chi connectivity index (χ0v) is 10.6. The number of hydrogen-bond donors (Lipinski definition) is 1. The lowest BCUT2D eigenvalue weighted by Gasteiger charge is -2.14. The summed E-state index contributed by atoms with van der Waals surface area (Å²) >= 11 is 0. The molecule has 1 N–H and O–H groups in total. The summed E-state index contributed by atoms with van der Waals surface area (Å²) < 4.78 is 0. The van der Waals surface area contributed by atoms with Crippen LogP contribution in [0.2, 0.25) is 0 Å². The predicted molar refractivity (Wildman–Crippen MR) is 72.6 cm³/mol. The van der Waals surface area contributed by atoms with Gasteiger partial charge in [-0.3, -0.25) is 15.1 Å². The lowest BCUT2D eigenvalue weighted by atomic mass is 10.1. The summed E-state index contributed by atoms with van der Waals surface area (Å²) in [5.74, 6) is 0. The molecule has 0 aliphatic heterocycles. The van der Waals surface area contributed by atoms with Gasteiger partial charge < -0.3 is 5.32 Å². The smallest absolute Gasteiger partial charge is 0.274 e. The van der Waals surface area contributed by atoms with Gasteiger partial charge >= 0.3 is 0 Å². The van der Waals surface area contributed by atoms with Crippen molar-refractivity contribution in [3.05, 3.63) is 70.0 Å². The number of nitro benzene ring substituents is 1. The summed E-state index contributed by atoms with van der Waals surface area (Å²) in [6, 6.07) is 10.5. The third-order valence-electron chi connectivity index (χ3n) is 2.96. The maximum Gasteiger partial charge on any atom is 0.274 e. The lowest BCUT2D eigenvalue weighted by molar-refractivity contribution is -0.385. The van der Waals surface area contributed by atoms with E-state index in [9.17, 15) is 10.1 Å². The number of nitrogens with one attached hydrogen (secondary N) is 1. The number of nitro groups is 1. The first kappa shape index (κ1) is 13.2. The Bertz CT molecular complexity index is 558. The van der Waals surface area contributed by atoms with Gasteiger partial charge in [0.25, 0.3) is 5.69 Å². The number of pyridine rings is 1. The maximum atomic E-state index is 11.0. The SMILES string of the molecule is CC(NCc1ccncc1)c1ccccc1[N+](=O)[O-]. The van der Waals surface area contributed by atoms with Gasteiger partial charge in [-0.25, -0.2) is 0 Å². The van der Waals surface area contributed by atoms with E-state index in [1.54, 1.807) is 24.5 Å². The maximum absolute atomic E-state index is 11.0. The van der Waals surface area contributed by atoms with Gasteiger partial charge in [0.1, 0.15) is 0 Å². The summed E-state index contributed by atoms with van der Waals surface area (Å²) in [6.45, 7) is 2.57. The van der Waals surface area contributed by atoms with Crippen LogP contribution >= 0.6 is 0 Å². The van der Waals surface area contributed by atoms with Crippen LogP contribution in [0, 0.1) is 10.1 Å². The second-order valence-corrected chi connectivity index (χ2v) is 4.27. The Hall–Kier alpha value is -2.27. The Balaban J connectivity index is 2.08. The summed E-state index contributed by atoms with van der Waals surface area (Å²) in [7, 11) is 0. The standard InChI is InChI=1S/C14H15N3O2/c1-11(16-10-12-6-8-15-9-7-12)13-4-2-3-5-14(13)17(18)19/h2-9,11,16H,10H2,1H3. The van der Waals surface area contributed by atoms with Crippen molar-refractivity contribution in [2.75, 3.05) is 0 Å². The fourth-order valence-corrected chi connectivity index (χ4v) is 1.90. The fourth-order valence-electron chi connectivity index (χ4n) is 1.90. The molecule has 1 heterocycles. The highest BCUT2D eigenvalue weighted by molar-refractivity contribution is 5.41. The van der Waals surface area contributed by atoms with Gasteiger partial charge in [0.15, 0.2) is 0 Å². The molecular weight excluding hydrogens is 242 g/mol. The molecule has 5 heteroatoms. The lowest BCUT2D eigenvalue weighted by Crippen LogP contribution is -2.19. The summed E-state index contributed by atoms with van der Waals surface area (Å²) in [6.07, 6.45) is 3.46. The average molecular weight is 257 g/mol. The van der Waals surface area contributed by atoms with Gasteiger partial charge in [-0.05, 0) is 24.6 Å². The van der Waals surface area contributed by atoms with Crippen molar-refractivity contribution in [1.82, 2.24) is 10.3 Å². The van der Waals surface area contributed by atoms with Crippen molar-refractivity contribution in [3.63, 3.8) is 0 Å². The van der Waals surface area contributed by atoms with Crippen LogP contribution in [0.5, 0.6) is 0 Å². The van der Waals surface area contributed by atoms with E-state index >= 15 is 0 Å². The van der Waals surface area contributed by atoms with Gasteiger partial charge in [-0.1, -0.05) is 18.2 Å². The van der Waals surface area contributed by atoms with Crippen molar-refractivity contribution in [2.45, 2.75) is 19.5 Å². The second kappa shape index (κ2) is 6.06. The van der Waals surface area contributed by atoms with Crippen LogP contribution in [0.1, 0.15) is 24.1 Å². The predicted octanol–water partition coefficient (Wildman–Crippen LogP) is 2.84. The largest absolute Gasteiger partial charge is 0.306 e. The van der Waals surface area contributed by atoms with E-state index in [4.69, 9.17) is 0 Å². The first-order valence-corrected chi connectivity index (χ1v) is 6.04. The van der Waals surface area contributed by atoms with Crippen LogP contribution < -0.4 is 5.32 Å². The van der Waals surface area contributed by atoms with Crippen LogP contribution in [0.3, 0.4) is 0 Å². The third kappa shape index (κ3) is 3.35. The van der Waals surface area contributed by atoms with Crippen LogP contribution in [0.25, 0.3) is 0 Å². The van der Waals surface area contributed by atoms with E-state index in [-0.39, 0.29) is 16.7 Å². The molecule has 0 radical (unpaired) electrons. The molecule has 0 aliphatic carbocycles. The number of para-hydroxylation sites is 1. The fraction of sp³-hybridized carbons (Fsp3) is 0.214. The van der Waals surface area contributed by atoms with Gasteiger partial charge in [0, 0.05) is 36.6 Å². The van der Waals surface area contributed by atoms with E-state index in [1.807, 2.05) is 25.1 Å². The molecule has 1 unspecified atom stereocenters. The molecule has 1 aromatic heterocycles. The van der Waals surface area contributed by atoms with Gasteiger partial charge in [0.05, 0.1) is 4.92 Å². The van der Waals surface area contributed by atoms with Crippen LogP contribution in [-0.2, 0) is 6.54 Å². The quantitative estimate of drug-likeness (QED) is 0.660. The molecule has 19 heavy (non-hydrogen) atoms. The monoisotopic (exact) mass is 257 g/mol. The Morgan fingerprint density at radius 3 is 2.63 bits per heavy atom. The van der Waals surface area contributed by atoms with Crippen molar-refractivity contribution < 1.29 is 4.92 Å². The van der Waals surface area contributed by atoms with Gasteiger partial charge in [-0.15, -0.1) is 0 Å². The third-order valence-corrected chi connectivity index (χ3v) is 2.96. The first-order chi connectivity index (χ1) is 9.18. The molecule has 0 saturated heterocycles. The van der Waals surface area contributed by atoms with E-state index < -0.39 is 0 Å². The molecule has 1 atom stereocenters. The minimum atomic E-state index is -0.347. The highest BCUT2D eigenvalue weighted by Gasteiger charge is 2.17. The van der Waals surface area contributed by atoms with E-state index in [0.717, 1.165) is 5.56 Å². The van der Waals surface area contributed by atoms with E-state index in [2.05, 4.69) is 10.3 Å². The zero-order chi connectivity index (χ0) is 13.7. The zero-order valence-electron chi connectivity index (χ0n) is 10.6. The number of rotatable bonds is 5. The molecule has 0 fully saturated rings. The van der Waals surface area contributed by atoms with Crippen molar-refractivity contribution in [1.29, 1.82) is 0 Å². The van der Waals surface area contributed by atoms with Crippen molar-refractivity contribution in [3.8, 4) is 0 Å². The highest BCUT2D eigenvalue weighted by Crippen LogP contribution is 2.24. The van der Waals surface area contributed by atoms with E-state index in [0.29, 0.717) is 12.1 Å². The van der Waals surface area contributed by atoms with Crippen LogP contribution in [-0.4, -0.2) is 9.91 Å². The molecule has 98 valence electrons. The number of benzene rings is 1. The van der Waals surface area contributed by atoms with Crippen molar-refractivity contribution in [2.24, 2.45) is 0 Å². The molecule has 2 aromatic rings. The minimum absolute atomic E-state index is 0.0882. The Morgan fingerprint density at radius 1 is 1.26 bits per heavy atom. The molecular formula is C14H15N3O2.